The molecule has 0 saturated heterocycles. The maximum Gasteiger partial charge on any atom is 0.316 e. The standard InChI is InChI=1S/C26H29N5O5S/c1-17(2)16-31(26(33)25(32)29-15-18-6-5-7-20(14-18)24(27)30-34)21-12-10-19(11-13-21)22-8-3-4-9-23(22)37(28,35)36/h3-14,17,34H,15-16H2,1-2H3,(H2,27,30)(H,29,32)(H2,28,35,36). The quantitative estimate of drug-likeness (QED) is 0.116. The number of primary sulfonamides is 1. The van der Waals surface area contributed by atoms with Crippen LogP contribution in [-0.4, -0.2) is 37.8 Å². The fourth-order valence-electron chi connectivity index (χ4n) is 3.72. The Morgan fingerprint density at radius 3 is 2.32 bits per heavy atom. The molecule has 0 fully saturated rings. The van der Waals surface area contributed by atoms with Crippen molar-refractivity contribution in [1.82, 2.24) is 5.32 Å². The van der Waals surface area contributed by atoms with Gasteiger partial charge in [0.25, 0.3) is 0 Å². The molecule has 3 rings (SSSR count). The molecule has 0 heterocycles. The molecule has 3 aromatic rings. The van der Waals surface area contributed by atoms with E-state index in [1.807, 2.05) is 13.8 Å². The Morgan fingerprint density at radius 1 is 1.03 bits per heavy atom. The van der Waals surface area contributed by atoms with Crippen LogP contribution in [0.5, 0.6) is 0 Å². The number of sulfonamides is 1. The van der Waals surface area contributed by atoms with Crippen molar-refractivity contribution in [2.45, 2.75) is 25.3 Å². The molecule has 37 heavy (non-hydrogen) atoms. The molecule has 10 nitrogen and oxygen atoms in total. The van der Waals surface area contributed by atoms with Crippen molar-refractivity contribution in [3.63, 3.8) is 0 Å². The lowest BCUT2D eigenvalue weighted by Crippen LogP contribution is -2.44. The number of anilines is 1. The molecule has 0 aliphatic heterocycles. The minimum atomic E-state index is -3.93. The summed E-state index contributed by atoms with van der Waals surface area (Å²) in [6.07, 6.45) is 0. The van der Waals surface area contributed by atoms with Gasteiger partial charge in [-0.25, -0.2) is 13.6 Å². The number of nitrogens with zero attached hydrogens (tertiary/aromatic N) is 2. The van der Waals surface area contributed by atoms with Gasteiger partial charge in [-0.2, -0.15) is 0 Å². The Bertz CT molecular complexity index is 1420. The van der Waals surface area contributed by atoms with Crippen LogP contribution in [0, 0.1) is 5.92 Å². The Kier molecular flexibility index (Phi) is 8.64. The van der Waals surface area contributed by atoms with Gasteiger partial charge in [-0.3, -0.25) is 9.59 Å². The van der Waals surface area contributed by atoms with E-state index in [0.29, 0.717) is 34.5 Å². The summed E-state index contributed by atoms with van der Waals surface area (Å²) in [6.45, 7) is 4.20. The predicted molar refractivity (Wildman–Crippen MR) is 141 cm³/mol. The molecule has 0 saturated carbocycles. The molecule has 3 aromatic carbocycles. The van der Waals surface area contributed by atoms with Crippen molar-refractivity contribution in [2.75, 3.05) is 11.4 Å². The Balaban J connectivity index is 1.81. The van der Waals surface area contributed by atoms with Gasteiger partial charge in [-0.15, -0.1) is 0 Å². The summed E-state index contributed by atoms with van der Waals surface area (Å²) in [5.41, 5.74) is 8.27. The summed E-state index contributed by atoms with van der Waals surface area (Å²) >= 11 is 0. The van der Waals surface area contributed by atoms with E-state index in [9.17, 15) is 18.0 Å². The van der Waals surface area contributed by atoms with Crippen molar-refractivity contribution in [3.8, 4) is 11.1 Å². The van der Waals surface area contributed by atoms with Gasteiger partial charge in [-0.05, 0) is 41.3 Å². The summed E-state index contributed by atoms with van der Waals surface area (Å²) in [4.78, 5) is 27.2. The average Bonchev–Trinajstić information content (AvgIpc) is 2.89. The topological polar surface area (TPSA) is 168 Å². The van der Waals surface area contributed by atoms with E-state index in [4.69, 9.17) is 16.1 Å². The first kappa shape index (κ1) is 27.4. The molecule has 0 radical (unpaired) electrons. The number of nitrogens with one attached hydrogen (secondary N) is 1. The van der Waals surface area contributed by atoms with Crippen LogP contribution in [0.3, 0.4) is 0 Å². The number of rotatable bonds is 8. The van der Waals surface area contributed by atoms with Gasteiger partial charge < -0.3 is 21.2 Å². The monoisotopic (exact) mass is 523 g/mol. The van der Waals surface area contributed by atoms with Crippen LogP contribution in [0.25, 0.3) is 11.1 Å². The van der Waals surface area contributed by atoms with E-state index in [1.165, 1.54) is 11.0 Å². The highest BCUT2D eigenvalue weighted by molar-refractivity contribution is 7.89. The van der Waals surface area contributed by atoms with Crippen LogP contribution in [0.15, 0.2) is 82.8 Å². The van der Waals surface area contributed by atoms with Crippen molar-refractivity contribution >= 4 is 33.4 Å². The second-order valence-electron chi connectivity index (χ2n) is 8.77. The number of nitrogens with two attached hydrogens (primary N) is 2. The lowest BCUT2D eigenvalue weighted by atomic mass is 10.0. The summed E-state index contributed by atoms with van der Waals surface area (Å²) < 4.78 is 24.0. The molecule has 0 unspecified atom stereocenters. The van der Waals surface area contributed by atoms with Gasteiger partial charge in [0.1, 0.15) is 0 Å². The molecule has 6 N–H and O–H groups in total. The molecular formula is C26H29N5O5S. The number of carbonyl (C=O) groups excluding carboxylic acids is 2. The largest absolute Gasteiger partial charge is 0.409 e. The fourth-order valence-corrected chi connectivity index (χ4v) is 4.48. The molecule has 0 aliphatic rings. The maximum atomic E-state index is 13.1. The first-order chi connectivity index (χ1) is 17.5. The summed E-state index contributed by atoms with van der Waals surface area (Å²) in [6, 6.07) is 19.8. The number of amidine groups is 1. The average molecular weight is 524 g/mol. The number of hydrogen-bond donors (Lipinski definition) is 4. The van der Waals surface area contributed by atoms with Gasteiger partial charge in [0.2, 0.25) is 10.0 Å². The van der Waals surface area contributed by atoms with Crippen LogP contribution in [-0.2, 0) is 26.2 Å². The number of amides is 2. The van der Waals surface area contributed by atoms with Crippen molar-refractivity contribution in [1.29, 1.82) is 0 Å². The molecule has 0 spiro atoms. The van der Waals surface area contributed by atoms with E-state index in [2.05, 4.69) is 10.5 Å². The number of carbonyl (C=O) groups is 2. The molecule has 194 valence electrons. The highest BCUT2D eigenvalue weighted by Crippen LogP contribution is 2.28. The highest BCUT2D eigenvalue weighted by Gasteiger charge is 2.24. The number of oxime groups is 1. The SMILES string of the molecule is CC(C)CN(C(=O)C(=O)NCc1cccc(C(N)=NO)c1)c1ccc(-c2ccccc2S(N)(=O)=O)cc1. The van der Waals surface area contributed by atoms with E-state index in [-0.39, 0.29) is 23.2 Å². The number of hydrogen-bond acceptors (Lipinski definition) is 6. The zero-order chi connectivity index (χ0) is 27.2. The third-order valence-corrected chi connectivity index (χ3v) is 6.42. The van der Waals surface area contributed by atoms with Crippen LogP contribution >= 0.6 is 0 Å². The second-order valence-corrected chi connectivity index (χ2v) is 10.3. The minimum Gasteiger partial charge on any atom is -0.409 e. The third-order valence-electron chi connectivity index (χ3n) is 5.45. The first-order valence-corrected chi connectivity index (χ1v) is 12.9. The maximum absolute atomic E-state index is 13.1. The van der Waals surface area contributed by atoms with Crippen molar-refractivity contribution in [2.24, 2.45) is 21.9 Å². The third kappa shape index (κ3) is 6.93. The summed E-state index contributed by atoms with van der Waals surface area (Å²) in [7, 11) is -3.93. The second kappa shape index (κ2) is 11.7. The normalized spacial score (nSPS) is 11.8. The van der Waals surface area contributed by atoms with E-state index < -0.39 is 21.8 Å². The minimum absolute atomic E-state index is 0.00618. The molecule has 11 heteroatoms. The van der Waals surface area contributed by atoms with E-state index >= 15 is 0 Å². The zero-order valence-corrected chi connectivity index (χ0v) is 21.3. The van der Waals surface area contributed by atoms with Crippen LogP contribution in [0.1, 0.15) is 25.0 Å². The highest BCUT2D eigenvalue weighted by atomic mass is 32.2. The fraction of sp³-hybridized carbons (Fsp3) is 0.192. The molecule has 0 aromatic heterocycles. The van der Waals surface area contributed by atoms with Gasteiger partial charge in [-0.1, -0.05) is 67.5 Å². The van der Waals surface area contributed by atoms with Crippen LogP contribution in [0.4, 0.5) is 5.69 Å². The molecular weight excluding hydrogens is 494 g/mol. The molecule has 0 bridgehead atoms. The Labute approximate surface area is 215 Å². The first-order valence-electron chi connectivity index (χ1n) is 11.4. The predicted octanol–water partition coefficient (Wildman–Crippen LogP) is 2.40. The van der Waals surface area contributed by atoms with Gasteiger partial charge in [0, 0.05) is 29.9 Å². The van der Waals surface area contributed by atoms with Crippen molar-refractivity contribution in [3.05, 3.63) is 83.9 Å². The van der Waals surface area contributed by atoms with Gasteiger partial charge in [0.05, 0.1) is 4.90 Å². The number of benzene rings is 3. The van der Waals surface area contributed by atoms with Gasteiger partial charge >= 0.3 is 11.8 Å². The molecule has 0 aliphatic carbocycles. The summed E-state index contributed by atoms with van der Waals surface area (Å²) in [5.74, 6) is -1.53. The van der Waals surface area contributed by atoms with E-state index in [0.717, 1.165) is 0 Å². The lowest BCUT2D eigenvalue weighted by molar-refractivity contribution is -0.137. The van der Waals surface area contributed by atoms with Crippen LogP contribution in [0.2, 0.25) is 0 Å². The van der Waals surface area contributed by atoms with Gasteiger partial charge in [0.15, 0.2) is 5.84 Å². The van der Waals surface area contributed by atoms with Crippen LogP contribution < -0.4 is 21.1 Å². The van der Waals surface area contributed by atoms with E-state index in [1.54, 1.807) is 66.7 Å². The smallest absolute Gasteiger partial charge is 0.316 e. The Hall–Kier alpha value is -4.22. The zero-order valence-electron chi connectivity index (χ0n) is 20.5. The molecule has 0 atom stereocenters. The summed E-state index contributed by atoms with van der Waals surface area (Å²) in [5, 5.41) is 19.8. The lowest BCUT2D eigenvalue weighted by Gasteiger charge is -2.24. The van der Waals surface area contributed by atoms with Crippen molar-refractivity contribution < 1.29 is 23.2 Å². The molecule has 2 amide bonds. The Morgan fingerprint density at radius 2 is 1.70 bits per heavy atom.